The van der Waals surface area contributed by atoms with E-state index in [-0.39, 0.29) is 72.3 Å². The normalized spacial score (nSPS) is 9.50. The third-order valence-corrected chi connectivity index (χ3v) is 0.866. The molecule has 8 heteroatoms. The molecule has 0 aliphatic rings. The van der Waals surface area contributed by atoms with Gasteiger partial charge in [0.05, 0.1) is 14.4 Å². The first-order valence-electron chi connectivity index (χ1n) is 1.93. The summed E-state index contributed by atoms with van der Waals surface area (Å²) in [5.41, 5.74) is 4.81. The van der Waals surface area contributed by atoms with Gasteiger partial charge < -0.3 is 24.6 Å². The average molecular weight is 185 g/mol. The molecular formula is C2H6NNa2O4P. The van der Waals surface area contributed by atoms with E-state index >= 15 is 0 Å². The summed E-state index contributed by atoms with van der Waals surface area (Å²) in [7, 11) is -4.76. The van der Waals surface area contributed by atoms with Crippen LogP contribution < -0.4 is 74.6 Å². The van der Waals surface area contributed by atoms with Gasteiger partial charge in [-0.1, -0.05) is 0 Å². The van der Waals surface area contributed by atoms with Gasteiger partial charge in [0.1, 0.15) is 0 Å². The molecule has 0 aromatic rings. The molecule has 0 saturated heterocycles. The van der Waals surface area contributed by atoms with Crippen molar-refractivity contribution in [3.8, 4) is 0 Å². The van der Waals surface area contributed by atoms with Crippen LogP contribution in [-0.2, 0) is 9.09 Å². The molecule has 0 spiro atoms. The largest absolute Gasteiger partial charge is 1.00 e. The van der Waals surface area contributed by atoms with Gasteiger partial charge in [-0.2, -0.15) is 0 Å². The van der Waals surface area contributed by atoms with Gasteiger partial charge >= 0.3 is 59.1 Å². The second kappa shape index (κ2) is 9.16. The standard InChI is InChI=1S/C2H8NO4P.2Na/c3-1-2-7-8(4,5)6;;/h1-3H2,(H2,4,5,6);;/q;2*+1/p-2. The second-order valence-electron chi connectivity index (χ2n) is 1.07. The Hall–Kier alpha value is 2.07. The van der Waals surface area contributed by atoms with Gasteiger partial charge in [-0.3, -0.25) is 0 Å². The van der Waals surface area contributed by atoms with Crippen molar-refractivity contribution >= 4 is 7.82 Å². The van der Waals surface area contributed by atoms with Crippen LogP contribution in [0.25, 0.3) is 0 Å². The molecule has 0 aliphatic carbocycles. The maximum absolute atomic E-state index is 9.58. The van der Waals surface area contributed by atoms with Crippen molar-refractivity contribution in [2.24, 2.45) is 5.73 Å². The summed E-state index contributed by atoms with van der Waals surface area (Å²) >= 11 is 0. The Kier molecular flexibility index (Phi) is 16.5. The van der Waals surface area contributed by atoms with Gasteiger partial charge in [0.15, 0.2) is 0 Å². The van der Waals surface area contributed by atoms with E-state index in [9.17, 15) is 14.4 Å². The molecule has 5 nitrogen and oxygen atoms in total. The molecule has 0 fully saturated rings. The zero-order valence-corrected chi connectivity index (χ0v) is 11.0. The first-order chi connectivity index (χ1) is 3.56. The number of rotatable bonds is 3. The fourth-order valence-electron chi connectivity index (χ4n) is 0.165. The minimum absolute atomic E-state index is 0. The van der Waals surface area contributed by atoms with E-state index in [2.05, 4.69) is 4.52 Å². The number of phosphoric ester groups is 1. The molecule has 0 bridgehead atoms. The molecule has 0 aromatic carbocycles. The Bertz CT molecular complexity index is 105. The molecule has 0 unspecified atom stereocenters. The summed E-state index contributed by atoms with van der Waals surface area (Å²) in [4.78, 5) is 19.2. The predicted octanol–water partition coefficient (Wildman–Crippen LogP) is -8.20. The maximum atomic E-state index is 9.58. The molecule has 0 amide bonds. The first kappa shape index (κ1) is 18.0. The quantitative estimate of drug-likeness (QED) is 0.347. The smallest absolute Gasteiger partial charge is 0.790 e. The summed E-state index contributed by atoms with van der Waals surface area (Å²) in [5.74, 6) is 0. The van der Waals surface area contributed by atoms with Crippen LogP contribution in [-0.4, -0.2) is 13.2 Å². The fraction of sp³-hybridized carbons (Fsp3) is 1.00. The molecule has 2 N–H and O–H groups in total. The van der Waals surface area contributed by atoms with Crippen LogP contribution in [0.5, 0.6) is 0 Å². The molecular weight excluding hydrogens is 179 g/mol. The Morgan fingerprint density at radius 2 is 1.80 bits per heavy atom. The van der Waals surface area contributed by atoms with E-state index in [0.717, 1.165) is 0 Å². The molecule has 0 atom stereocenters. The van der Waals surface area contributed by atoms with Crippen LogP contribution in [0.2, 0.25) is 0 Å². The van der Waals surface area contributed by atoms with E-state index < -0.39 is 7.82 Å². The van der Waals surface area contributed by atoms with Crippen molar-refractivity contribution < 1.29 is 78.0 Å². The van der Waals surface area contributed by atoms with Crippen molar-refractivity contribution in [1.29, 1.82) is 0 Å². The molecule has 0 heterocycles. The molecule has 0 saturated carbocycles. The Labute approximate surface area is 104 Å². The second-order valence-corrected chi connectivity index (χ2v) is 2.22. The molecule has 50 valence electrons. The Morgan fingerprint density at radius 1 is 1.40 bits per heavy atom. The zero-order valence-electron chi connectivity index (χ0n) is 6.07. The first-order valence-corrected chi connectivity index (χ1v) is 3.39. The Balaban J connectivity index is -0.000000245. The van der Waals surface area contributed by atoms with Crippen molar-refractivity contribution in [2.75, 3.05) is 13.2 Å². The monoisotopic (exact) mass is 185 g/mol. The van der Waals surface area contributed by atoms with Crippen LogP contribution in [0.1, 0.15) is 0 Å². The van der Waals surface area contributed by atoms with Gasteiger partial charge in [-0.15, -0.1) is 0 Å². The van der Waals surface area contributed by atoms with Gasteiger partial charge in [-0.25, -0.2) is 0 Å². The molecule has 10 heavy (non-hydrogen) atoms. The molecule has 0 aromatic heterocycles. The van der Waals surface area contributed by atoms with E-state index in [1.807, 2.05) is 0 Å². The van der Waals surface area contributed by atoms with Crippen LogP contribution >= 0.6 is 7.82 Å². The van der Waals surface area contributed by atoms with Gasteiger partial charge in [0.25, 0.3) is 0 Å². The van der Waals surface area contributed by atoms with Crippen molar-refractivity contribution in [2.45, 2.75) is 0 Å². The van der Waals surface area contributed by atoms with Crippen LogP contribution in [0.3, 0.4) is 0 Å². The fourth-order valence-corrected chi connectivity index (χ4v) is 0.494. The maximum Gasteiger partial charge on any atom is 1.00 e. The molecule has 0 rings (SSSR count). The minimum atomic E-state index is -4.76. The molecule has 0 radical (unpaired) electrons. The summed E-state index contributed by atoms with van der Waals surface area (Å²) in [6.07, 6.45) is 0. The van der Waals surface area contributed by atoms with Gasteiger partial charge in [0.2, 0.25) is 0 Å². The summed E-state index contributed by atoms with van der Waals surface area (Å²) < 4.78 is 13.3. The van der Waals surface area contributed by atoms with E-state index in [4.69, 9.17) is 5.73 Å². The number of phosphoric acid groups is 1. The third-order valence-electron chi connectivity index (χ3n) is 0.367. The third kappa shape index (κ3) is 16.6. The minimum Gasteiger partial charge on any atom is -0.790 e. The SMILES string of the molecule is NCCOP(=O)([O-])[O-].[Na+].[Na+]. The van der Waals surface area contributed by atoms with Crippen LogP contribution in [0.4, 0.5) is 0 Å². The molecule has 0 aliphatic heterocycles. The summed E-state index contributed by atoms with van der Waals surface area (Å²) in [6.45, 7) is -0.196. The topological polar surface area (TPSA) is 98.4 Å². The van der Waals surface area contributed by atoms with E-state index in [0.29, 0.717) is 0 Å². The van der Waals surface area contributed by atoms with E-state index in [1.54, 1.807) is 0 Å². The van der Waals surface area contributed by atoms with Crippen molar-refractivity contribution in [3.05, 3.63) is 0 Å². The van der Waals surface area contributed by atoms with Crippen LogP contribution in [0, 0.1) is 0 Å². The number of hydrogen-bond acceptors (Lipinski definition) is 5. The zero-order chi connectivity index (χ0) is 6.62. The Morgan fingerprint density at radius 3 is 1.90 bits per heavy atom. The predicted molar refractivity (Wildman–Crippen MR) is 22.6 cm³/mol. The average Bonchev–Trinajstić information content (AvgIpc) is 1.59. The number of nitrogens with two attached hydrogens (primary N) is 1. The van der Waals surface area contributed by atoms with Gasteiger partial charge in [0, 0.05) is 6.54 Å². The van der Waals surface area contributed by atoms with Gasteiger partial charge in [-0.05, 0) is 0 Å². The summed E-state index contributed by atoms with van der Waals surface area (Å²) in [5, 5.41) is 0. The van der Waals surface area contributed by atoms with Crippen molar-refractivity contribution in [1.82, 2.24) is 0 Å². The summed E-state index contributed by atoms with van der Waals surface area (Å²) in [6, 6.07) is 0. The number of hydrogen-bond donors (Lipinski definition) is 1. The van der Waals surface area contributed by atoms with Crippen molar-refractivity contribution in [3.63, 3.8) is 0 Å². The van der Waals surface area contributed by atoms with Crippen LogP contribution in [0.15, 0.2) is 0 Å². The van der Waals surface area contributed by atoms with E-state index in [1.165, 1.54) is 0 Å².